The Morgan fingerprint density at radius 2 is 1.60 bits per heavy atom. The number of rotatable bonds is 5. The second kappa shape index (κ2) is 6.64. The first kappa shape index (κ1) is 14.7. The Hall–Kier alpha value is -1.71. The monoisotopic (exact) mass is 291 g/mol. The van der Waals surface area contributed by atoms with Crippen molar-refractivity contribution in [1.82, 2.24) is 0 Å². The van der Waals surface area contributed by atoms with Crippen LogP contribution in [0.1, 0.15) is 16.7 Å². The van der Waals surface area contributed by atoms with E-state index < -0.39 is 5.82 Å². The first-order valence-corrected chi connectivity index (χ1v) is 6.71. The van der Waals surface area contributed by atoms with Gasteiger partial charge in [-0.15, -0.1) is 0 Å². The van der Waals surface area contributed by atoms with Gasteiger partial charge in [-0.1, -0.05) is 48.0 Å². The molecule has 20 heavy (non-hydrogen) atoms. The Bertz CT molecular complexity index is 628. The molecule has 0 aliphatic heterocycles. The van der Waals surface area contributed by atoms with E-state index in [0.717, 1.165) is 11.1 Å². The number of hydrogen-bond donors (Lipinski definition) is 1. The molecule has 0 aliphatic rings. The van der Waals surface area contributed by atoms with Gasteiger partial charge in [0, 0.05) is 19.4 Å². The molecule has 0 aromatic heterocycles. The highest BCUT2D eigenvalue weighted by molar-refractivity contribution is 6.31. The summed E-state index contributed by atoms with van der Waals surface area (Å²) in [6.07, 6.45) is 0.399. The van der Waals surface area contributed by atoms with E-state index in [4.69, 9.17) is 17.3 Å². The second-order valence-electron chi connectivity index (χ2n) is 4.58. The molecule has 2 rings (SSSR count). The van der Waals surface area contributed by atoms with Crippen LogP contribution >= 0.6 is 11.6 Å². The molecular formula is C16H15ClFNO. The maximum absolute atomic E-state index is 13.3. The van der Waals surface area contributed by atoms with Crippen LogP contribution in [0.15, 0.2) is 42.5 Å². The molecule has 0 amide bonds. The van der Waals surface area contributed by atoms with Gasteiger partial charge in [0.2, 0.25) is 0 Å². The fourth-order valence-corrected chi connectivity index (χ4v) is 2.29. The van der Waals surface area contributed by atoms with Gasteiger partial charge >= 0.3 is 0 Å². The zero-order valence-corrected chi connectivity index (χ0v) is 11.7. The van der Waals surface area contributed by atoms with Gasteiger partial charge in [0.05, 0.1) is 5.02 Å². The molecule has 4 heteroatoms. The molecule has 0 bridgehead atoms. The zero-order chi connectivity index (χ0) is 14.5. The quantitative estimate of drug-likeness (QED) is 0.918. The van der Waals surface area contributed by atoms with Crippen molar-refractivity contribution in [3.63, 3.8) is 0 Å². The minimum Gasteiger partial charge on any atom is -0.326 e. The SMILES string of the molecule is NCc1ccccc1CC(=O)Cc1cccc(F)c1Cl. The van der Waals surface area contributed by atoms with Gasteiger partial charge in [0.15, 0.2) is 0 Å². The molecule has 2 nitrogen and oxygen atoms in total. The lowest BCUT2D eigenvalue weighted by atomic mass is 9.99. The standard InChI is InChI=1S/C16H15ClFNO/c17-16-12(6-3-7-15(16)18)9-14(20)8-11-4-1-2-5-13(11)10-19/h1-7H,8-10,19H2. The van der Waals surface area contributed by atoms with Crippen molar-refractivity contribution < 1.29 is 9.18 Å². The Morgan fingerprint density at radius 3 is 2.30 bits per heavy atom. The summed E-state index contributed by atoms with van der Waals surface area (Å²) in [6.45, 7) is 0.393. The number of carbonyl (C=O) groups is 1. The van der Waals surface area contributed by atoms with E-state index in [9.17, 15) is 9.18 Å². The average molecular weight is 292 g/mol. The van der Waals surface area contributed by atoms with Crippen molar-refractivity contribution in [3.05, 3.63) is 70.0 Å². The number of ketones is 1. The largest absolute Gasteiger partial charge is 0.326 e. The fraction of sp³-hybridized carbons (Fsp3) is 0.188. The van der Waals surface area contributed by atoms with E-state index in [1.54, 1.807) is 12.1 Å². The molecule has 0 fully saturated rings. The van der Waals surface area contributed by atoms with Gasteiger partial charge in [-0.3, -0.25) is 4.79 Å². The Labute approximate surface area is 122 Å². The van der Waals surface area contributed by atoms with Crippen LogP contribution in [0.2, 0.25) is 5.02 Å². The Kier molecular flexibility index (Phi) is 4.88. The number of benzene rings is 2. The highest BCUT2D eigenvalue weighted by atomic mass is 35.5. The van der Waals surface area contributed by atoms with Crippen molar-refractivity contribution in [2.45, 2.75) is 19.4 Å². The van der Waals surface area contributed by atoms with Gasteiger partial charge in [-0.2, -0.15) is 0 Å². The molecule has 2 N–H and O–H groups in total. The van der Waals surface area contributed by atoms with Gasteiger partial charge in [-0.05, 0) is 22.8 Å². The summed E-state index contributed by atoms with van der Waals surface area (Å²) in [7, 11) is 0. The maximum Gasteiger partial charge on any atom is 0.142 e. The molecule has 0 aliphatic carbocycles. The molecule has 2 aromatic carbocycles. The fourth-order valence-electron chi connectivity index (χ4n) is 2.10. The van der Waals surface area contributed by atoms with Crippen LogP contribution in [0.4, 0.5) is 4.39 Å². The summed E-state index contributed by atoms with van der Waals surface area (Å²) in [4.78, 5) is 12.1. The van der Waals surface area contributed by atoms with E-state index in [-0.39, 0.29) is 23.6 Å². The van der Waals surface area contributed by atoms with E-state index in [1.807, 2.05) is 24.3 Å². The van der Waals surface area contributed by atoms with E-state index in [2.05, 4.69) is 0 Å². The third-order valence-electron chi connectivity index (χ3n) is 3.15. The zero-order valence-electron chi connectivity index (χ0n) is 10.9. The summed E-state index contributed by atoms with van der Waals surface area (Å²) in [6, 6.07) is 12.0. The second-order valence-corrected chi connectivity index (χ2v) is 4.96. The van der Waals surface area contributed by atoms with Crippen molar-refractivity contribution in [3.8, 4) is 0 Å². The minimum atomic E-state index is -0.501. The van der Waals surface area contributed by atoms with Crippen LogP contribution in [-0.2, 0) is 24.2 Å². The van der Waals surface area contributed by atoms with Crippen molar-refractivity contribution in [1.29, 1.82) is 0 Å². The smallest absolute Gasteiger partial charge is 0.142 e. The molecule has 0 atom stereocenters. The van der Waals surface area contributed by atoms with E-state index in [0.29, 0.717) is 12.1 Å². The molecule has 2 aromatic rings. The maximum atomic E-state index is 13.3. The summed E-state index contributed by atoms with van der Waals surface area (Å²) < 4.78 is 13.3. The molecule has 0 radical (unpaired) electrons. The molecule has 0 unspecified atom stereocenters. The van der Waals surface area contributed by atoms with Crippen LogP contribution in [0.3, 0.4) is 0 Å². The number of hydrogen-bond acceptors (Lipinski definition) is 2. The third-order valence-corrected chi connectivity index (χ3v) is 3.57. The number of carbonyl (C=O) groups excluding carboxylic acids is 1. The lowest BCUT2D eigenvalue weighted by Gasteiger charge is -2.08. The minimum absolute atomic E-state index is 0.0154. The van der Waals surface area contributed by atoms with Gasteiger partial charge in [0.1, 0.15) is 11.6 Å². The predicted molar refractivity (Wildman–Crippen MR) is 78.2 cm³/mol. The van der Waals surface area contributed by atoms with E-state index in [1.165, 1.54) is 6.07 Å². The highest BCUT2D eigenvalue weighted by Gasteiger charge is 2.12. The topological polar surface area (TPSA) is 43.1 Å². The van der Waals surface area contributed by atoms with E-state index >= 15 is 0 Å². The van der Waals surface area contributed by atoms with Crippen molar-refractivity contribution >= 4 is 17.4 Å². The number of halogens is 2. The summed E-state index contributed by atoms with van der Waals surface area (Å²) in [5.41, 5.74) is 8.02. The van der Waals surface area contributed by atoms with Crippen molar-refractivity contribution in [2.24, 2.45) is 5.73 Å². The molecular weight excluding hydrogens is 277 g/mol. The average Bonchev–Trinajstić information content (AvgIpc) is 2.44. The molecule has 0 saturated heterocycles. The first-order valence-electron chi connectivity index (χ1n) is 6.33. The number of Topliss-reactive ketones (excluding diaryl/α,β-unsaturated/α-hetero) is 1. The van der Waals surface area contributed by atoms with Gasteiger partial charge in [-0.25, -0.2) is 4.39 Å². The lowest BCUT2D eigenvalue weighted by Crippen LogP contribution is -2.10. The Balaban J connectivity index is 2.11. The lowest BCUT2D eigenvalue weighted by molar-refractivity contribution is -0.117. The summed E-state index contributed by atoms with van der Waals surface area (Å²) in [5, 5.41) is 0.0213. The van der Waals surface area contributed by atoms with Crippen LogP contribution < -0.4 is 5.73 Å². The molecule has 0 saturated carbocycles. The molecule has 0 heterocycles. The van der Waals surface area contributed by atoms with Crippen LogP contribution in [0.25, 0.3) is 0 Å². The predicted octanol–water partition coefficient (Wildman–Crippen LogP) is 3.29. The Morgan fingerprint density at radius 1 is 1.00 bits per heavy atom. The van der Waals surface area contributed by atoms with Crippen LogP contribution in [-0.4, -0.2) is 5.78 Å². The van der Waals surface area contributed by atoms with Gasteiger partial charge < -0.3 is 5.73 Å². The summed E-state index contributed by atoms with van der Waals surface area (Å²) in [5.74, 6) is -0.516. The van der Waals surface area contributed by atoms with Crippen LogP contribution in [0.5, 0.6) is 0 Å². The normalized spacial score (nSPS) is 10.6. The molecule has 104 valence electrons. The van der Waals surface area contributed by atoms with Crippen molar-refractivity contribution in [2.75, 3.05) is 0 Å². The third kappa shape index (κ3) is 3.44. The van der Waals surface area contributed by atoms with Gasteiger partial charge in [0.25, 0.3) is 0 Å². The van der Waals surface area contributed by atoms with Crippen LogP contribution in [0, 0.1) is 5.82 Å². The summed E-state index contributed by atoms with van der Waals surface area (Å²) >= 11 is 5.85. The number of nitrogens with two attached hydrogens (primary N) is 1. The molecule has 0 spiro atoms. The highest BCUT2D eigenvalue weighted by Crippen LogP contribution is 2.21. The first-order chi connectivity index (χ1) is 9.61.